The van der Waals surface area contributed by atoms with Crippen molar-refractivity contribution < 1.29 is 4.58 Å². The fourth-order valence-electron chi connectivity index (χ4n) is 2.02. The predicted octanol–water partition coefficient (Wildman–Crippen LogP) is 0.977. The second kappa shape index (κ2) is 3.24. The van der Waals surface area contributed by atoms with Gasteiger partial charge in [-0.25, -0.2) is 0 Å². The zero-order chi connectivity index (χ0) is 6.97. The molecule has 0 atom stereocenters. The number of nitrogens with zero attached hydrogens (tertiary/aromatic N) is 2. The summed E-state index contributed by atoms with van der Waals surface area (Å²) in [6.07, 6.45) is 4.04. The Balaban J connectivity index is 0.000000605. The van der Waals surface area contributed by atoms with Crippen molar-refractivity contribution in [3.05, 3.63) is 7.43 Å². The third kappa shape index (κ3) is 1.39. The lowest BCUT2D eigenvalue weighted by Crippen LogP contribution is -2.38. The summed E-state index contributed by atoms with van der Waals surface area (Å²) in [6, 6.07) is 0. The van der Waals surface area contributed by atoms with Crippen LogP contribution in [-0.2, 0) is 0 Å². The second-order valence-corrected chi connectivity index (χ2v) is 3.28. The molecule has 2 aliphatic heterocycles. The van der Waals surface area contributed by atoms with Crippen LogP contribution in [-0.4, -0.2) is 42.0 Å². The van der Waals surface area contributed by atoms with E-state index in [2.05, 4.69) is 16.5 Å². The minimum absolute atomic E-state index is 0. The van der Waals surface area contributed by atoms with Gasteiger partial charge in [-0.2, -0.15) is 0 Å². The SMILES string of the molecule is C[N+]1=C2CCCN2CCC1.[CH3-]. The molecule has 0 aromatic carbocycles. The summed E-state index contributed by atoms with van der Waals surface area (Å²) in [5.74, 6) is 1.59. The molecule has 0 aliphatic carbocycles. The summed E-state index contributed by atoms with van der Waals surface area (Å²) in [7, 11) is 2.22. The fourth-order valence-corrected chi connectivity index (χ4v) is 2.02. The van der Waals surface area contributed by atoms with Crippen LogP contribution in [0.1, 0.15) is 19.3 Å². The molecule has 64 valence electrons. The van der Waals surface area contributed by atoms with Crippen molar-refractivity contribution in [1.29, 1.82) is 0 Å². The quantitative estimate of drug-likeness (QED) is 0.372. The van der Waals surface area contributed by atoms with E-state index in [1.165, 1.54) is 38.9 Å². The van der Waals surface area contributed by atoms with E-state index in [9.17, 15) is 0 Å². The van der Waals surface area contributed by atoms with Crippen LogP contribution in [0.4, 0.5) is 0 Å². The first-order chi connectivity index (χ1) is 4.88. The van der Waals surface area contributed by atoms with Crippen molar-refractivity contribution in [2.24, 2.45) is 0 Å². The maximum Gasteiger partial charge on any atom is 0.246 e. The summed E-state index contributed by atoms with van der Waals surface area (Å²) in [5.41, 5.74) is 0. The maximum absolute atomic E-state index is 2.53. The first kappa shape index (κ1) is 8.57. The molecule has 0 N–H and O–H groups in total. The highest BCUT2D eigenvalue weighted by molar-refractivity contribution is 5.79. The van der Waals surface area contributed by atoms with Crippen LogP contribution in [0, 0.1) is 7.43 Å². The number of amidine groups is 1. The van der Waals surface area contributed by atoms with Gasteiger partial charge in [0.25, 0.3) is 0 Å². The Labute approximate surface area is 69.5 Å². The molecule has 2 heterocycles. The molecule has 0 unspecified atom stereocenters. The van der Waals surface area contributed by atoms with Crippen LogP contribution in [0.25, 0.3) is 0 Å². The molecule has 0 amide bonds. The second-order valence-electron chi connectivity index (χ2n) is 3.28. The van der Waals surface area contributed by atoms with Gasteiger partial charge >= 0.3 is 0 Å². The largest absolute Gasteiger partial charge is 0.358 e. The molecule has 0 bridgehead atoms. The fraction of sp³-hybridized carbons (Fsp3) is 0.778. The molecule has 0 radical (unpaired) electrons. The van der Waals surface area contributed by atoms with Gasteiger partial charge in [-0.05, 0) is 6.42 Å². The monoisotopic (exact) mass is 154 g/mol. The van der Waals surface area contributed by atoms with Gasteiger partial charge in [-0.15, -0.1) is 0 Å². The van der Waals surface area contributed by atoms with Crippen molar-refractivity contribution >= 4 is 5.84 Å². The number of hydrogen-bond acceptors (Lipinski definition) is 1. The Kier molecular flexibility index (Phi) is 2.53. The van der Waals surface area contributed by atoms with Gasteiger partial charge in [0, 0.05) is 6.42 Å². The molecule has 2 aliphatic rings. The molecule has 0 saturated carbocycles. The van der Waals surface area contributed by atoms with Gasteiger partial charge in [-0.3, -0.25) is 9.48 Å². The first-order valence-corrected chi connectivity index (χ1v) is 4.20. The molecular formula is C9H18N2. The zero-order valence-electron chi connectivity index (χ0n) is 7.64. The molecule has 2 heteroatoms. The highest BCUT2D eigenvalue weighted by Gasteiger charge is 2.29. The van der Waals surface area contributed by atoms with Crippen molar-refractivity contribution in [2.75, 3.05) is 26.7 Å². The molecule has 11 heavy (non-hydrogen) atoms. The summed E-state index contributed by atoms with van der Waals surface area (Å²) in [5, 5.41) is 0. The van der Waals surface area contributed by atoms with Gasteiger partial charge in [0.15, 0.2) is 0 Å². The van der Waals surface area contributed by atoms with E-state index in [1.54, 1.807) is 5.84 Å². The Morgan fingerprint density at radius 2 is 2.00 bits per heavy atom. The summed E-state index contributed by atoms with van der Waals surface area (Å²) in [4.78, 5) is 2.53. The molecule has 1 fully saturated rings. The number of rotatable bonds is 0. The lowest BCUT2D eigenvalue weighted by molar-refractivity contribution is -0.508. The lowest BCUT2D eigenvalue weighted by Gasteiger charge is -2.19. The number of hydrogen-bond donors (Lipinski definition) is 0. The van der Waals surface area contributed by atoms with E-state index >= 15 is 0 Å². The standard InChI is InChI=1S/C8H15N2.CH3/c1-9-5-3-7-10-6-2-4-8(9)10;/h2-7H2,1H3;1H3/q+1;-1. The summed E-state index contributed by atoms with van der Waals surface area (Å²) in [6.45, 7) is 3.88. The normalized spacial score (nSPS) is 23.2. The van der Waals surface area contributed by atoms with Gasteiger partial charge in [0.2, 0.25) is 5.84 Å². The molecule has 0 aromatic heterocycles. The van der Waals surface area contributed by atoms with Gasteiger partial charge in [-0.1, -0.05) is 0 Å². The Bertz CT molecular complexity index is 172. The average molecular weight is 154 g/mol. The minimum Gasteiger partial charge on any atom is -0.358 e. The van der Waals surface area contributed by atoms with Crippen LogP contribution in [0.3, 0.4) is 0 Å². The van der Waals surface area contributed by atoms with E-state index in [0.717, 1.165) is 0 Å². The molecule has 1 saturated heterocycles. The molecule has 0 aromatic rings. The van der Waals surface area contributed by atoms with Crippen molar-refractivity contribution in [3.8, 4) is 0 Å². The Hall–Kier alpha value is -0.530. The Morgan fingerprint density at radius 1 is 1.27 bits per heavy atom. The number of fused-ring (bicyclic) bond motifs is 1. The third-order valence-electron chi connectivity index (χ3n) is 2.56. The van der Waals surface area contributed by atoms with Crippen LogP contribution < -0.4 is 0 Å². The average Bonchev–Trinajstić information content (AvgIpc) is 2.36. The van der Waals surface area contributed by atoms with E-state index in [4.69, 9.17) is 0 Å². The maximum atomic E-state index is 2.53. The minimum atomic E-state index is 0. The van der Waals surface area contributed by atoms with Crippen molar-refractivity contribution in [1.82, 2.24) is 4.90 Å². The van der Waals surface area contributed by atoms with E-state index < -0.39 is 0 Å². The van der Waals surface area contributed by atoms with Crippen LogP contribution in [0.15, 0.2) is 0 Å². The van der Waals surface area contributed by atoms with Gasteiger partial charge < -0.3 is 7.43 Å². The van der Waals surface area contributed by atoms with Crippen molar-refractivity contribution in [2.45, 2.75) is 19.3 Å². The molecular weight excluding hydrogens is 136 g/mol. The van der Waals surface area contributed by atoms with Crippen LogP contribution in [0.5, 0.6) is 0 Å². The zero-order valence-corrected chi connectivity index (χ0v) is 7.64. The van der Waals surface area contributed by atoms with E-state index in [0.29, 0.717) is 0 Å². The Morgan fingerprint density at radius 3 is 2.73 bits per heavy atom. The van der Waals surface area contributed by atoms with Crippen molar-refractivity contribution in [3.63, 3.8) is 0 Å². The van der Waals surface area contributed by atoms with E-state index in [-0.39, 0.29) is 7.43 Å². The smallest absolute Gasteiger partial charge is 0.246 e. The summed E-state index contributed by atoms with van der Waals surface area (Å²) < 4.78 is 2.41. The predicted molar refractivity (Wildman–Crippen MR) is 47.9 cm³/mol. The topological polar surface area (TPSA) is 6.25 Å². The lowest BCUT2D eigenvalue weighted by atomic mass is 10.3. The third-order valence-corrected chi connectivity index (χ3v) is 2.56. The molecule has 2 rings (SSSR count). The molecule has 0 spiro atoms. The van der Waals surface area contributed by atoms with Crippen LogP contribution in [0.2, 0.25) is 0 Å². The van der Waals surface area contributed by atoms with Gasteiger partial charge in [0.1, 0.15) is 0 Å². The highest BCUT2D eigenvalue weighted by Crippen LogP contribution is 2.14. The van der Waals surface area contributed by atoms with Gasteiger partial charge in [0.05, 0.1) is 33.1 Å². The highest BCUT2D eigenvalue weighted by atomic mass is 15.3. The molecule has 2 nitrogen and oxygen atoms in total. The first-order valence-electron chi connectivity index (χ1n) is 4.20. The van der Waals surface area contributed by atoms with E-state index in [1.807, 2.05) is 0 Å². The van der Waals surface area contributed by atoms with Crippen LogP contribution >= 0.6 is 0 Å². The summed E-state index contributed by atoms with van der Waals surface area (Å²) >= 11 is 0.